The summed E-state index contributed by atoms with van der Waals surface area (Å²) in [6, 6.07) is 14.1. The van der Waals surface area contributed by atoms with Crippen LogP contribution >= 0.6 is 0 Å². The average molecular weight is 529 g/mol. The van der Waals surface area contributed by atoms with Crippen molar-refractivity contribution in [3.8, 4) is 11.4 Å². The SMILES string of the molecule is CN1CCN(c2ccc(Nc3nc(NC4CCC5(CC4)COC5)c(-c4ccccn4)nc3C(N)=O)cc2)CC1. The number of pyridine rings is 1. The Morgan fingerprint density at radius 3 is 2.36 bits per heavy atom. The molecular weight excluding hydrogens is 492 g/mol. The van der Waals surface area contributed by atoms with E-state index in [0.717, 1.165) is 70.8 Å². The first kappa shape index (κ1) is 25.5. The zero-order valence-electron chi connectivity index (χ0n) is 22.4. The number of hydrogen-bond acceptors (Lipinski definition) is 9. The van der Waals surface area contributed by atoms with Gasteiger partial charge in [-0.2, -0.15) is 0 Å². The summed E-state index contributed by atoms with van der Waals surface area (Å²) in [4.78, 5) is 31.3. The molecular formula is C29H36N8O2. The maximum Gasteiger partial charge on any atom is 0.271 e. The second-order valence-electron chi connectivity index (χ2n) is 11.1. The van der Waals surface area contributed by atoms with Crippen molar-refractivity contribution in [2.24, 2.45) is 11.1 Å². The number of nitrogens with two attached hydrogens (primary N) is 1. The van der Waals surface area contributed by atoms with E-state index in [4.69, 9.17) is 20.4 Å². The number of amides is 1. The number of carbonyl (C=O) groups is 1. The van der Waals surface area contributed by atoms with Crippen LogP contribution in [0.15, 0.2) is 48.7 Å². The maximum absolute atomic E-state index is 12.5. The molecule has 1 amide bonds. The third kappa shape index (κ3) is 5.53. The van der Waals surface area contributed by atoms with E-state index in [1.54, 1.807) is 6.20 Å². The van der Waals surface area contributed by atoms with Crippen molar-refractivity contribution in [3.05, 3.63) is 54.4 Å². The van der Waals surface area contributed by atoms with Crippen molar-refractivity contribution in [2.75, 3.05) is 62.0 Å². The van der Waals surface area contributed by atoms with Crippen LogP contribution in [-0.4, -0.2) is 78.2 Å². The van der Waals surface area contributed by atoms with Gasteiger partial charge in [-0.3, -0.25) is 9.78 Å². The van der Waals surface area contributed by atoms with Crippen LogP contribution < -0.4 is 21.3 Å². The van der Waals surface area contributed by atoms with Gasteiger partial charge in [-0.05, 0) is 69.1 Å². The minimum absolute atomic E-state index is 0.0820. The highest BCUT2D eigenvalue weighted by Gasteiger charge is 2.41. The number of likely N-dealkylation sites (N-methyl/N-ethyl adjacent to an activating group) is 1. The summed E-state index contributed by atoms with van der Waals surface area (Å²) in [6.07, 6.45) is 6.02. The fraction of sp³-hybridized carbons (Fsp3) is 0.448. The lowest BCUT2D eigenvalue weighted by molar-refractivity contribution is -0.131. The Bertz CT molecular complexity index is 1290. The molecule has 0 unspecified atom stereocenters. The minimum atomic E-state index is -0.646. The maximum atomic E-state index is 12.5. The van der Waals surface area contributed by atoms with Gasteiger partial charge >= 0.3 is 0 Å². The summed E-state index contributed by atoms with van der Waals surface area (Å²) < 4.78 is 5.49. The Balaban J connectivity index is 1.27. The first-order valence-corrected chi connectivity index (χ1v) is 13.8. The zero-order chi connectivity index (χ0) is 26.8. The topological polar surface area (TPSA) is 122 Å². The molecule has 1 spiro atoms. The van der Waals surface area contributed by atoms with Crippen LogP contribution in [-0.2, 0) is 4.74 Å². The molecule has 0 atom stereocenters. The number of primary amides is 1. The van der Waals surface area contributed by atoms with Gasteiger partial charge in [-0.1, -0.05) is 6.07 Å². The molecule has 2 saturated heterocycles. The number of nitrogens with zero attached hydrogens (tertiary/aromatic N) is 5. The Labute approximate surface area is 229 Å². The standard InChI is InChI=1S/C29H36N8O2/c1-36-14-16-37(17-15-36)22-7-5-20(6-8-22)32-28-25(26(30)38)34-24(23-4-2-3-13-31-23)27(35-28)33-21-9-11-29(12-10-21)18-39-19-29/h2-8,13,21H,9-12,14-19H2,1H3,(H2,30,38)(H2,32,33,35). The molecule has 204 valence electrons. The van der Waals surface area contributed by atoms with E-state index in [1.165, 1.54) is 5.69 Å². The highest BCUT2D eigenvalue weighted by molar-refractivity contribution is 5.97. The molecule has 39 heavy (non-hydrogen) atoms. The number of carbonyl (C=O) groups excluding carboxylic acids is 1. The van der Waals surface area contributed by atoms with Crippen molar-refractivity contribution in [3.63, 3.8) is 0 Å². The molecule has 2 aromatic heterocycles. The highest BCUT2D eigenvalue weighted by Crippen LogP contribution is 2.43. The molecule has 1 aliphatic carbocycles. The molecule has 4 N–H and O–H groups in total. The minimum Gasteiger partial charge on any atom is -0.380 e. The number of piperazine rings is 1. The second kappa shape index (κ2) is 10.8. The van der Waals surface area contributed by atoms with Gasteiger partial charge in [0.1, 0.15) is 5.69 Å². The van der Waals surface area contributed by atoms with Crippen LogP contribution in [0.5, 0.6) is 0 Å². The summed E-state index contributed by atoms with van der Waals surface area (Å²) in [5.41, 5.74) is 9.37. The lowest BCUT2D eigenvalue weighted by Crippen LogP contribution is -2.47. The van der Waals surface area contributed by atoms with Gasteiger partial charge in [0.05, 0.1) is 18.9 Å². The van der Waals surface area contributed by atoms with Gasteiger partial charge in [0.15, 0.2) is 17.3 Å². The smallest absolute Gasteiger partial charge is 0.271 e. The van der Waals surface area contributed by atoms with Crippen LogP contribution in [0.3, 0.4) is 0 Å². The van der Waals surface area contributed by atoms with Gasteiger partial charge in [0, 0.05) is 55.2 Å². The van der Waals surface area contributed by atoms with E-state index in [2.05, 4.69) is 44.6 Å². The fourth-order valence-electron chi connectivity index (χ4n) is 5.68. The van der Waals surface area contributed by atoms with Crippen molar-refractivity contribution in [1.82, 2.24) is 19.9 Å². The Kier molecular flexibility index (Phi) is 7.05. The van der Waals surface area contributed by atoms with Crippen molar-refractivity contribution >= 4 is 28.9 Å². The van der Waals surface area contributed by atoms with Crippen LogP contribution in [0.1, 0.15) is 36.2 Å². The zero-order valence-corrected chi connectivity index (χ0v) is 22.4. The Morgan fingerprint density at radius 1 is 1.00 bits per heavy atom. The van der Waals surface area contributed by atoms with Crippen molar-refractivity contribution < 1.29 is 9.53 Å². The normalized spacial score (nSPS) is 19.5. The van der Waals surface area contributed by atoms with E-state index < -0.39 is 5.91 Å². The van der Waals surface area contributed by atoms with Gasteiger partial charge in [-0.25, -0.2) is 9.97 Å². The van der Waals surface area contributed by atoms with Crippen molar-refractivity contribution in [2.45, 2.75) is 31.7 Å². The van der Waals surface area contributed by atoms with E-state index in [1.807, 2.05) is 30.3 Å². The third-order valence-electron chi connectivity index (χ3n) is 8.24. The van der Waals surface area contributed by atoms with E-state index >= 15 is 0 Å². The molecule has 3 aromatic rings. The average Bonchev–Trinajstić information content (AvgIpc) is 2.94. The molecule has 10 nitrogen and oxygen atoms in total. The first-order valence-electron chi connectivity index (χ1n) is 13.8. The molecule has 6 rings (SSSR count). The monoisotopic (exact) mass is 528 g/mol. The number of rotatable bonds is 7. The molecule has 0 radical (unpaired) electrons. The summed E-state index contributed by atoms with van der Waals surface area (Å²) in [7, 11) is 2.15. The van der Waals surface area contributed by atoms with E-state index in [-0.39, 0.29) is 11.7 Å². The van der Waals surface area contributed by atoms with E-state index in [9.17, 15) is 4.79 Å². The predicted molar refractivity (Wildman–Crippen MR) is 152 cm³/mol. The van der Waals surface area contributed by atoms with Crippen LogP contribution in [0, 0.1) is 5.41 Å². The quantitative estimate of drug-likeness (QED) is 0.423. The van der Waals surface area contributed by atoms with Gasteiger partial charge in [0.25, 0.3) is 5.91 Å². The molecule has 3 aliphatic rings. The number of benzene rings is 1. The van der Waals surface area contributed by atoms with Crippen LogP contribution in [0.25, 0.3) is 11.4 Å². The van der Waals surface area contributed by atoms with Gasteiger partial charge < -0.3 is 30.9 Å². The first-order chi connectivity index (χ1) is 19.0. The third-order valence-corrected chi connectivity index (χ3v) is 8.24. The summed E-state index contributed by atoms with van der Waals surface area (Å²) in [6.45, 7) is 5.83. The van der Waals surface area contributed by atoms with Gasteiger partial charge in [-0.15, -0.1) is 0 Å². The van der Waals surface area contributed by atoms with Gasteiger partial charge in [0.2, 0.25) is 0 Å². The Morgan fingerprint density at radius 2 is 1.74 bits per heavy atom. The number of aromatic nitrogens is 3. The molecule has 1 saturated carbocycles. The lowest BCUT2D eigenvalue weighted by Gasteiger charge is -2.46. The molecule has 10 heteroatoms. The summed E-state index contributed by atoms with van der Waals surface area (Å²) >= 11 is 0. The Hall–Kier alpha value is -3.76. The molecule has 3 fully saturated rings. The van der Waals surface area contributed by atoms with Crippen molar-refractivity contribution in [1.29, 1.82) is 0 Å². The summed E-state index contributed by atoms with van der Waals surface area (Å²) in [5, 5.41) is 6.93. The fourth-order valence-corrected chi connectivity index (χ4v) is 5.68. The largest absolute Gasteiger partial charge is 0.380 e. The number of hydrogen-bond donors (Lipinski definition) is 3. The second-order valence-corrected chi connectivity index (χ2v) is 11.1. The van der Waals surface area contributed by atoms with Crippen LogP contribution in [0.4, 0.5) is 23.0 Å². The lowest BCUT2D eigenvalue weighted by atomic mass is 9.71. The van der Waals surface area contributed by atoms with E-state index in [0.29, 0.717) is 28.4 Å². The van der Waals surface area contributed by atoms with Crippen LogP contribution in [0.2, 0.25) is 0 Å². The number of ether oxygens (including phenoxy) is 1. The molecule has 4 heterocycles. The summed E-state index contributed by atoms with van der Waals surface area (Å²) in [5.74, 6) is 0.283. The number of nitrogens with one attached hydrogen (secondary N) is 2. The molecule has 2 aliphatic heterocycles. The molecule has 1 aromatic carbocycles. The predicted octanol–water partition coefficient (Wildman–Crippen LogP) is 3.50. The molecule has 0 bridgehead atoms. The highest BCUT2D eigenvalue weighted by atomic mass is 16.5. The number of anilines is 4.